The van der Waals surface area contributed by atoms with Crippen molar-refractivity contribution >= 4 is 0 Å². The normalized spacial score (nSPS) is 26.8. The molecule has 0 nitrogen and oxygen atoms in total. The van der Waals surface area contributed by atoms with Crippen molar-refractivity contribution in [3.63, 3.8) is 0 Å². The fourth-order valence-electron chi connectivity index (χ4n) is 0.556. The van der Waals surface area contributed by atoms with Gasteiger partial charge in [-0.2, -0.15) is 17.6 Å². The first-order valence-electron chi connectivity index (χ1n) is 2.58. The molecule has 0 amide bonds. The van der Waals surface area contributed by atoms with Crippen LogP contribution in [0.5, 0.6) is 0 Å². The molecule has 0 unspecified atom stereocenters. The number of rotatable bonds is 0. The predicted octanol–water partition coefficient (Wildman–Crippen LogP) is 2.38. The summed E-state index contributed by atoms with van der Waals surface area (Å²) in [7, 11) is 0. The van der Waals surface area contributed by atoms with E-state index in [1.54, 1.807) is 0 Å². The van der Waals surface area contributed by atoms with Crippen molar-refractivity contribution < 1.29 is 17.6 Å². The summed E-state index contributed by atoms with van der Waals surface area (Å²) in [5.74, 6) is -6.41. The zero-order valence-electron chi connectivity index (χ0n) is 4.82. The maximum absolute atomic E-state index is 12.0. The van der Waals surface area contributed by atoms with Gasteiger partial charge in [-0.15, -0.1) is 0 Å². The molecule has 0 saturated heterocycles. The number of halogens is 4. The molecule has 1 rings (SSSR count). The Morgan fingerprint density at radius 2 is 0.800 bits per heavy atom. The molecule has 0 N–H and O–H groups in total. The molecule has 0 spiro atoms. The zero-order valence-corrected chi connectivity index (χ0v) is 4.82. The highest BCUT2D eigenvalue weighted by atomic mass is 19.3. The average molecular weight is 152 g/mol. The topological polar surface area (TPSA) is 0 Å². The molecule has 0 aromatic carbocycles. The fourth-order valence-corrected chi connectivity index (χ4v) is 0.556. The first kappa shape index (κ1) is 7.31. The lowest BCUT2D eigenvalue weighted by molar-refractivity contribution is 0.0718. The predicted molar refractivity (Wildman–Crippen MR) is 28.2 cm³/mol. The van der Waals surface area contributed by atoms with Crippen molar-refractivity contribution in [3.8, 4) is 0 Å². The summed E-state index contributed by atoms with van der Waals surface area (Å²) in [5.41, 5.74) is 0. The Hall–Kier alpha value is -0.800. The molecule has 0 aromatic heterocycles. The van der Waals surface area contributed by atoms with Crippen LogP contribution in [0.1, 0.15) is 0 Å². The molecule has 0 aromatic rings. The highest BCUT2D eigenvalue weighted by Crippen LogP contribution is 2.29. The lowest BCUT2D eigenvalue weighted by Crippen LogP contribution is -2.19. The van der Waals surface area contributed by atoms with Gasteiger partial charge in [0.1, 0.15) is 0 Å². The van der Waals surface area contributed by atoms with Crippen LogP contribution in [-0.2, 0) is 0 Å². The Kier molecular flexibility index (Phi) is 1.34. The highest BCUT2D eigenvalue weighted by Gasteiger charge is 2.32. The van der Waals surface area contributed by atoms with Crippen molar-refractivity contribution in [3.05, 3.63) is 24.3 Å². The third-order valence-electron chi connectivity index (χ3n) is 1.06. The van der Waals surface area contributed by atoms with Gasteiger partial charge in [-0.25, -0.2) is 0 Å². The first-order valence-corrected chi connectivity index (χ1v) is 2.58. The van der Waals surface area contributed by atoms with Gasteiger partial charge in [0.2, 0.25) is 0 Å². The molecule has 0 atom stereocenters. The van der Waals surface area contributed by atoms with Crippen LogP contribution in [0.4, 0.5) is 17.6 Å². The third kappa shape index (κ3) is 1.59. The van der Waals surface area contributed by atoms with E-state index in [0.29, 0.717) is 0 Å². The van der Waals surface area contributed by atoms with Crippen LogP contribution in [0.2, 0.25) is 0 Å². The van der Waals surface area contributed by atoms with Crippen molar-refractivity contribution in [1.82, 2.24) is 0 Å². The van der Waals surface area contributed by atoms with Crippen LogP contribution in [-0.4, -0.2) is 11.8 Å². The molecule has 0 bridgehead atoms. The van der Waals surface area contributed by atoms with Crippen molar-refractivity contribution in [1.29, 1.82) is 0 Å². The average Bonchev–Trinajstić information content (AvgIpc) is 1.79. The van der Waals surface area contributed by atoms with E-state index < -0.39 is 11.8 Å². The number of hydrogen-bond acceptors (Lipinski definition) is 0. The maximum Gasteiger partial charge on any atom is 0.285 e. The van der Waals surface area contributed by atoms with E-state index in [1.807, 2.05) is 0 Å². The number of hydrogen-bond donors (Lipinski definition) is 0. The summed E-state index contributed by atoms with van der Waals surface area (Å²) in [6.07, 6.45) is 0.750. The van der Waals surface area contributed by atoms with Crippen LogP contribution < -0.4 is 0 Å². The van der Waals surface area contributed by atoms with Gasteiger partial charge in [-0.05, 0) is 24.3 Å². The molecule has 0 saturated carbocycles. The van der Waals surface area contributed by atoms with Gasteiger partial charge in [-0.1, -0.05) is 0 Å². The Morgan fingerprint density at radius 1 is 0.600 bits per heavy atom. The number of alkyl halides is 4. The van der Waals surface area contributed by atoms with Crippen molar-refractivity contribution in [2.24, 2.45) is 0 Å². The number of allylic oxidation sites excluding steroid dienone is 4. The molecule has 0 radical (unpaired) electrons. The second kappa shape index (κ2) is 1.84. The smallest absolute Gasteiger partial charge is 0.197 e. The van der Waals surface area contributed by atoms with E-state index >= 15 is 0 Å². The Morgan fingerprint density at radius 3 is 1.00 bits per heavy atom. The Balaban J connectivity index is 2.81. The Labute approximate surface area is 54.8 Å². The third-order valence-corrected chi connectivity index (χ3v) is 1.06. The molecule has 1 aliphatic carbocycles. The molecule has 0 fully saturated rings. The molecule has 10 heavy (non-hydrogen) atoms. The minimum Gasteiger partial charge on any atom is -0.197 e. The Bertz CT molecular complexity index is 152. The van der Waals surface area contributed by atoms with Gasteiger partial charge in [0.25, 0.3) is 11.8 Å². The van der Waals surface area contributed by atoms with Gasteiger partial charge in [0.05, 0.1) is 0 Å². The second-order valence-corrected chi connectivity index (χ2v) is 2.02. The lowest BCUT2D eigenvalue weighted by Gasteiger charge is -2.14. The summed E-state index contributed by atoms with van der Waals surface area (Å²) in [5, 5.41) is 0. The van der Waals surface area contributed by atoms with Crippen molar-refractivity contribution in [2.75, 3.05) is 0 Å². The molecule has 4 heteroatoms. The van der Waals surface area contributed by atoms with Gasteiger partial charge >= 0.3 is 0 Å². The van der Waals surface area contributed by atoms with Gasteiger partial charge in [0.15, 0.2) is 0 Å². The molecule has 56 valence electrons. The van der Waals surface area contributed by atoms with Crippen molar-refractivity contribution in [2.45, 2.75) is 11.8 Å². The van der Waals surface area contributed by atoms with Gasteiger partial charge in [0, 0.05) is 0 Å². The van der Waals surface area contributed by atoms with E-state index in [1.165, 1.54) is 0 Å². The highest BCUT2D eigenvalue weighted by molar-refractivity contribution is 5.22. The summed E-state index contributed by atoms with van der Waals surface area (Å²) >= 11 is 0. The first-order chi connectivity index (χ1) is 4.41. The standard InChI is InChI=1S/C6H4F4/c7-5(8)1-2-6(9,10)4-3-5/h1-4H. The molecule has 0 heterocycles. The van der Waals surface area contributed by atoms with Crippen LogP contribution in [0, 0.1) is 0 Å². The molecule has 0 aliphatic heterocycles. The molecule has 1 aliphatic rings. The maximum atomic E-state index is 12.0. The quantitative estimate of drug-likeness (QED) is 0.369. The molecular formula is C6H4F4. The minimum atomic E-state index is -3.21. The zero-order chi connectivity index (χ0) is 7.83. The van der Waals surface area contributed by atoms with Crippen LogP contribution in [0.25, 0.3) is 0 Å². The van der Waals surface area contributed by atoms with Crippen LogP contribution in [0.3, 0.4) is 0 Å². The summed E-state index contributed by atoms with van der Waals surface area (Å²) in [4.78, 5) is 0. The van der Waals surface area contributed by atoms with Gasteiger partial charge in [-0.3, -0.25) is 0 Å². The van der Waals surface area contributed by atoms with E-state index in [4.69, 9.17) is 0 Å². The fraction of sp³-hybridized carbons (Fsp3) is 0.333. The molecular weight excluding hydrogens is 148 g/mol. The van der Waals surface area contributed by atoms with Gasteiger partial charge < -0.3 is 0 Å². The van der Waals surface area contributed by atoms with E-state index in [9.17, 15) is 17.6 Å². The summed E-state index contributed by atoms with van der Waals surface area (Å²) in [6.45, 7) is 0. The lowest BCUT2D eigenvalue weighted by atomic mass is 10.1. The monoisotopic (exact) mass is 152 g/mol. The SMILES string of the molecule is FC1(F)C=CC(F)(F)C=C1. The largest absolute Gasteiger partial charge is 0.285 e. The van der Waals surface area contributed by atoms with E-state index in [-0.39, 0.29) is 24.3 Å². The summed E-state index contributed by atoms with van der Waals surface area (Å²) in [6, 6.07) is 0. The minimum absolute atomic E-state index is 0.188. The van der Waals surface area contributed by atoms with E-state index in [0.717, 1.165) is 0 Å². The second-order valence-electron chi connectivity index (χ2n) is 2.02. The van der Waals surface area contributed by atoms with Crippen LogP contribution >= 0.6 is 0 Å². The summed E-state index contributed by atoms with van der Waals surface area (Å²) < 4.78 is 48.2. The van der Waals surface area contributed by atoms with Crippen LogP contribution in [0.15, 0.2) is 24.3 Å². The van der Waals surface area contributed by atoms with E-state index in [2.05, 4.69) is 0 Å².